The maximum absolute atomic E-state index is 12.0. The molecule has 0 aliphatic heterocycles. The van der Waals surface area contributed by atoms with Crippen molar-refractivity contribution in [2.75, 3.05) is 27.4 Å². The fourth-order valence-electron chi connectivity index (χ4n) is 1.58. The Hall–Kier alpha value is -1.11. The zero-order chi connectivity index (χ0) is 14.3. The van der Waals surface area contributed by atoms with Crippen LogP contribution in [0.15, 0.2) is 22.7 Å². The number of rotatable bonds is 7. The van der Waals surface area contributed by atoms with Crippen LogP contribution in [0.3, 0.4) is 0 Å². The summed E-state index contributed by atoms with van der Waals surface area (Å²) < 4.78 is 10.8. The quantitative estimate of drug-likeness (QED) is 0.796. The molecular formula is C13H18BrNO4. The second-order valence-corrected chi connectivity index (χ2v) is 4.91. The maximum Gasteiger partial charge on any atom is 0.255 e. The minimum absolute atomic E-state index is 0.228. The van der Waals surface area contributed by atoms with Gasteiger partial charge in [-0.05, 0) is 24.6 Å². The van der Waals surface area contributed by atoms with Gasteiger partial charge < -0.3 is 19.9 Å². The molecule has 19 heavy (non-hydrogen) atoms. The molecule has 106 valence electrons. The summed E-state index contributed by atoms with van der Waals surface area (Å²) in [5, 5.41) is 12.2. The fourth-order valence-corrected chi connectivity index (χ4v) is 1.92. The van der Waals surface area contributed by atoms with Crippen molar-refractivity contribution in [3.05, 3.63) is 28.2 Å². The lowest BCUT2D eigenvalue weighted by atomic mass is 10.2. The van der Waals surface area contributed by atoms with Gasteiger partial charge in [0.15, 0.2) is 0 Å². The predicted octanol–water partition coefficient (Wildman–Crippen LogP) is 1.58. The molecule has 2 N–H and O–H groups in total. The summed E-state index contributed by atoms with van der Waals surface area (Å²) in [4.78, 5) is 12.0. The number of halogens is 1. The number of carbonyl (C=O) groups excluding carboxylic acids is 1. The molecule has 1 amide bonds. The second-order valence-electron chi connectivity index (χ2n) is 4.00. The van der Waals surface area contributed by atoms with E-state index >= 15 is 0 Å². The zero-order valence-corrected chi connectivity index (χ0v) is 12.6. The predicted molar refractivity (Wildman–Crippen MR) is 75.5 cm³/mol. The highest BCUT2D eigenvalue weighted by Crippen LogP contribution is 2.23. The van der Waals surface area contributed by atoms with E-state index in [1.54, 1.807) is 18.2 Å². The molecule has 0 bridgehead atoms. The summed E-state index contributed by atoms with van der Waals surface area (Å²) in [6, 6.07) is 5.19. The van der Waals surface area contributed by atoms with E-state index in [1.165, 1.54) is 14.2 Å². The van der Waals surface area contributed by atoms with E-state index in [-0.39, 0.29) is 12.5 Å². The summed E-state index contributed by atoms with van der Waals surface area (Å²) >= 11 is 3.32. The van der Waals surface area contributed by atoms with Crippen LogP contribution >= 0.6 is 15.9 Å². The van der Waals surface area contributed by atoms with E-state index in [9.17, 15) is 9.90 Å². The summed E-state index contributed by atoms with van der Waals surface area (Å²) in [6.45, 7) is 0.639. The number of nitrogens with one attached hydrogen (secondary N) is 1. The average Bonchev–Trinajstić information content (AvgIpc) is 2.38. The van der Waals surface area contributed by atoms with Gasteiger partial charge in [-0.25, -0.2) is 0 Å². The fraction of sp³-hybridized carbons (Fsp3) is 0.462. The van der Waals surface area contributed by atoms with Crippen LogP contribution in [-0.2, 0) is 4.74 Å². The number of aliphatic hydroxyl groups is 1. The number of methoxy groups -OCH3 is 2. The Bertz CT molecular complexity index is 425. The van der Waals surface area contributed by atoms with E-state index in [0.29, 0.717) is 24.3 Å². The smallest absolute Gasteiger partial charge is 0.255 e. The molecule has 1 unspecified atom stereocenters. The highest BCUT2D eigenvalue weighted by Gasteiger charge is 2.12. The molecule has 6 heteroatoms. The molecule has 0 heterocycles. The molecule has 0 aliphatic carbocycles. The van der Waals surface area contributed by atoms with Crippen molar-refractivity contribution < 1.29 is 19.4 Å². The van der Waals surface area contributed by atoms with Crippen molar-refractivity contribution >= 4 is 21.8 Å². The van der Waals surface area contributed by atoms with Gasteiger partial charge in [-0.15, -0.1) is 0 Å². The summed E-state index contributed by atoms with van der Waals surface area (Å²) in [5.41, 5.74) is 0.465. The largest absolute Gasteiger partial charge is 0.496 e. The molecule has 0 aliphatic rings. The van der Waals surface area contributed by atoms with Gasteiger partial charge in [-0.2, -0.15) is 0 Å². The lowest BCUT2D eigenvalue weighted by Gasteiger charge is -2.12. The van der Waals surface area contributed by atoms with Crippen molar-refractivity contribution in [2.45, 2.75) is 12.5 Å². The van der Waals surface area contributed by atoms with Gasteiger partial charge >= 0.3 is 0 Å². The third kappa shape index (κ3) is 5.18. The molecule has 0 radical (unpaired) electrons. The summed E-state index contributed by atoms with van der Waals surface area (Å²) in [6.07, 6.45) is -0.129. The molecule has 0 fully saturated rings. The Morgan fingerprint density at radius 3 is 2.84 bits per heavy atom. The average molecular weight is 332 g/mol. The molecule has 5 nitrogen and oxygen atoms in total. The van der Waals surface area contributed by atoms with Crippen molar-refractivity contribution in [1.29, 1.82) is 0 Å². The van der Waals surface area contributed by atoms with E-state index in [1.807, 2.05) is 0 Å². The first-order valence-corrected chi connectivity index (χ1v) is 6.66. The monoisotopic (exact) mass is 331 g/mol. The standard InChI is InChI=1S/C13H18BrNO4/c1-18-8-10(16)5-6-15-13(17)11-4-3-9(14)7-12(11)19-2/h3-4,7,10,16H,5-6,8H2,1-2H3,(H,15,17). The lowest BCUT2D eigenvalue weighted by Crippen LogP contribution is -2.28. The Morgan fingerprint density at radius 1 is 1.47 bits per heavy atom. The van der Waals surface area contributed by atoms with Gasteiger partial charge in [-0.3, -0.25) is 4.79 Å². The van der Waals surface area contributed by atoms with Gasteiger partial charge in [-0.1, -0.05) is 15.9 Å². The van der Waals surface area contributed by atoms with Crippen LogP contribution < -0.4 is 10.1 Å². The van der Waals surface area contributed by atoms with Gasteiger partial charge in [0, 0.05) is 18.1 Å². The highest BCUT2D eigenvalue weighted by molar-refractivity contribution is 9.10. The van der Waals surface area contributed by atoms with Crippen LogP contribution in [0.25, 0.3) is 0 Å². The highest BCUT2D eigenvalue weighted by atomic mass is 79.9. The van der Waals surface area contributed by atoms with Crippen LogP contribution in [0, 0.1) is 0 Å². The van der Waals surface area contributed by atoms with Crippen LogP contribution in [0.1, 0.15) is 16.8 Å². The number of ether oxygens (including phenoxy) is 2. The Morgan fingerprint density at radius 2 is 2.21 bits per heavy atom. The van der Waals surface area contributed by atoms with Crippen molar-refractivity contribution in [3.63, 3.8) is 0 Å². The third-order valence-electron chi connectivity index (χ3n) is 2.53. The van der Waals surface area contributed by atoms with E-state index < -0.39 is 6.10 Å². The molecule has 1 rings (SSSR count). The molecular weight excluding hydrogens is 314 g/mol. The van der Waals surface area contributed by atoms with Gasteiger partial charge in [0.05, 0.1) is 25.4 Å². The minimum atomic E-state index is -0.572. The molecule has 1 aromatic carbocycles. The van der Waals surface area contributed by atoms with E-state index in [2.05, 4.69) is 21.2 Å². The van der Waals surface area contributed by atoms with Crippen LogP contribution in [-0.4, -0.2) is 44.5 Å². The van der Waals surface area contributed by atoms with Crippen LogP contribution in [0.2, 0.25) is 0 Å². The molecule has 0 aromatic heterocycles. The number of amides is 1. The first-order chi connectivity index (χ1) is 9.08. The third-order valence-corrected chi connectivity index (χ3v) is 3.02. The van der Waals surface area contributed by atoms with Crippen molar-refractivity contribution in [2.24, 2.45) is 0 Å². The Kier molecular flexibility index (Phi) is 6.83. The Labute approximate surface area is 121 Å². The molecule has 1 aromatic rings. The first-order valence-electron chi connectivity index (χ1n) is 5.87. The number of benzene rings is 1. The molecule has 1 atom stereocenters. The number of hydrogen-bond acceptors (Lipinski definition) is 4. The van der Waals surface area contributed by atoms with Gasteiger partial charge in [0.2, 0.25) is 0 Å². The van der Waals surface area contributed by atoms with Gasteiger partial charge in [0.25, 0.3) is 5.91 Å². The molecule has 0 saturated carbocycles. The van der Waals surface area contributed by atoms with Crippen molar-refractivity contribution in [3.8, 4) is 5.75 Å². The van der Waals surface area contributed by atoms with E-state index in [4.69, 9.17) is 9.47 Å². The number of aliphatic hydroxyl groups excluding tert-OH is 1. The molecule has 0 spiro atoms. The summed E-state index contributed by atoms with van der Waals surface area (Å²) in [7, 11) is 3.04. The SMILES string of the molecule is COCC(O)CCNC(=O)c1ccc(Br)cc1OC. The van der Waals surface area contributed by atoms with Crippen LogP contribution in [0.4, 0.5) is 0 Å². The topological polar surface area (TPSA) is 67.8 Å². The van der Waals surface area contributed by atoms with Crippen LogP contribution in [0.5, 0.6) is 5.75 Å². The van der Waals surface area contributed by atoms with E-state index in [0.717, 1.165) is 4.47 Å². The maximum atomic E-state index is 12.0. The second kappa shape index (κ2) is 8.14. The normalized spacial score (nSPS) is 12.0. The first kappa shape index (κ1) is 15.9. The van der Waals surface area contributed by atoms with Crippen molar-refractivity contribution in [1.82, 2.24) is 5.32 Å². The summed E-state index contributed by atoms with van der Waals surface area (Å²) in [5.74, 6) is 0.276. The number of hydrogen-bond donors (Lipinski definition) is 2. The zero-order valence-electron chi connectivity index (χ0n) is 11.0. The Balaban J connectivity index is 2.54. The number of carbonyl (C=O) groups is 1. The van der Waals surface area contributed by atoms with Gasteiger partial charge in [0.1, 0.15) is 5.75 Å². The minimum Gasteiger partial charge on any atom is -0.496 e. The lowest BCUT2D eigenvalue weighted by molar-refractivity contribution is 0.0587. The molecule has 0 saturated heterocycles.